The zero-order valence-corrected chi connectivity index (χ0v) is 10.9. The molecule has 0 bridgehead atoms. The second-order valence-electron chi connectivity index (χ2n) is 5.59. The quantitative estimate of drug-likeness (QED) is 0.802. The normalized spacial score (nSPS) is 22.4. The Kier molecular flexibility index (Phi) is 3.30. The first kappa shape index (κ1) is 12.9. The fraction of sp³-hybridized carbons (Fsp3) is 0.500. The Bertz CT molecular complexity index is 451. The summed E-state index contributed by atoms with van der Waals surface area (Å²) in [6.07, 6.45) is -0.519. The van der Waals surface area contributed by atoms with Crippen LogP contribution < -0.4 is 5.32 Å². The Morgan fingerprint density at radius 2 is 2.06 bits per heavy atom. The molecular weight excluding hydrogens is 230 g/mol. The molecule has 0 radical (unpaired) electrons. The standard InChI is InChI=1S/C14H19NO3/c1-14(2,3)18-13(17)15-12-10-7-5-4-6-9(10)8-11(12)16/h4-7,11-12,16H,8H2,1-3H3,(H,15,17)/t11?,12-/m1/s1. The van der Waals surface area contributed by atoms with E-state index in [1.807, 2.05) is 45.0 Å². The molecule has 18 heavy (non-hydrogen) atoms. The van der Waals surface area contributed by atoms with Crippen LogP contribution in [0.15, 0.2) is 24.3 Å². The molecule has 0 spiro atoms. The van der Waals surface area contributed by atoms with Crippen LogP contribution in [0.2, 0.25) is 0 Å². The lowest BCUT2D eigenvalue weighted by atomic mass is 10.1. The van der Waals surface area contributed by atoms with Crippen LogP contribution in [0.1, 0.15) is 37.9 Å². The van der Waals surface area contributed by atoms with Crippen LogP contribution in [0.4, 0.5) is 4.79 Å². The summed E-state index contributed by atoms with van der Waals surface area (Å²) in [4.78, 5) is 11.7. The third-order valence-corrected chi connectivity index (χ3v) is 2.88. The van der Waals surface area contributed by atoms with E-state index in [1.165, 1.54) is 0 Å². The molecule has 1 unspecified atom stereocenters. The highest BCUT2D eigenvalue weighted by Gasteiger charge is 2.32. The van der Waals surface area contributed by atoms with Gasteiger partial charge < -0.3 is 15.2 Å². The molecule has 4 nitrogen and oxygen atoms in total. The monoisotopic (exact) mass is 249 g/mol. The Balaban J connectivity index is 2.08. The molecule has 0 saturated carbocycles. The van der Waals surface area contributed by atoms with Crippen molar-refractivity contribution >= 4 is 6.09 Å². The van der Waals surface area contributed by atoms with Crippen LogP contribution >= 0.6 is 0 Å². The topological polar surface area (TPSA) is 58.6 Å². The summed E-state index contributed by atoms with van der Waals surface area (Å²) in [5.41, 5.74) is 1.51. The van der Waals surface area contributed by atoms with Crippen molar-refractivity contribution in [2.24, 2.45) is 0 Å². The number of rotatable bonds is 1. The van der Waals surface area contributed by atoms with Crippen LogP contribution in [-0.4, -0.2) is 22.9 Å². The number of carbonyl (C=O) groups excluding carboxylic acids is 1. The predicted molar refractivity (Wildman–Crippen MR) is 68.3 cm³/mol. The minimum absolute atomic E-state index is 0.379. The number of nitrogens with one attached hydrogen (secondary N) is 1. The third-order valence-electron chi connectivity index (χ3n) is 2.88. The van der Waals surface area contributed by atoms with Gasteiger partial charge in [-0.25, -0.2) is 4.79 Å². The zero-order chi connectivity index (χ0) is 13.3. The van der Waals surface area contributed by atoms with Gasteiger partial charge in [0.2, 0.25) is 0 Å². The lowest BCUT2D eigenvalue weighted by molar-refractivity contribution is 0.0438. The SMILES string of the molecule is CC(C)(C)OC(=O)N[C@@H]1c2ccccc2CC1O. The second-order valence-corrected chi connectivity index (χ2v) is 5.59. The molecule has 0 saturated heterocycles. The van der Waals surface area contributed by atoms with E-state index >= 15 is 0 Å². The summed E-state index contributed by atoms with van der Waals surface area (Å²) in [5.74, 6) is 0. The lowest BCUT2D eigenvalue weighted by Gasteiger charge is -2.23. The minimum atomic E-state index is -0.588. The molecule has 1 aliphatic rings. The van der Waals surface area contributed by atoms with E-state index < -0.39 is 17.8 Å². The van der Waals surface area contributed by atoms with Crippen molar-refractivity contribution in [1.82, 2.24) is 5.32 Å². The number of aliphatic hydroxyl groups is 1. The molecule has 2 rings (SSSR count). The number of hydrogen-bond acceptors (Lipinski definition) is 3. The average molecular weight is 249 g/mol. The molecule has 1 aromatic rings. The van der Waals surface area contributed by atoms with Gasteiger partial charge in [-0.3, -0.25) is 0 Å². The van der Waals surface area contributed by atoms with Crippen LogP contribution in [0.25, 0.3) is 0 Å². The molecule has 2 N–H and O–H groups in total. The Morgan fingerprint density at radius 3 is 2.72 bits per heavy atom. The van der Waals surface area contributed by atoms with Gasteiger partial charge >= 0.3 is 6.09 Å². The third kappa shape index (κ3) is 2.82. The fourth-order valence-electron chi connectivity index (χ4n) is 2.18. The van der Waals surface area contributed by atoms with Gasteiger partial charge in [0.25, 0.3) is 0 Å². The first-order chi connectivity index (χ1) is 8.37. The smallest absolute Gasteiger partial charge is 0.408 e. The van der Waals surface area contributed by atoms with Crippen LogP contribution in [0.5, 0.6) is 0 Å². The Morgan fingerprint density at radius 1 is 1.39 bits per heavy atom. The first-order valence-electron chi connectivity index (χ1n) is 6.12. The number of alkyl carbamates (subject to hydrolysis) is 1. The van der Waals surface area contributed by atoms with Crippen LogP contribution in [0.3, 0.4) is 0 Å². The van der Waals surface area contributed by atoms with Gasteiger partial charge in [-0.2, -0.15) is 0 Å². The molecular formula is C14H19NO3. The molecule has 2 atom stereocenters. The maximum Gasteiger partial charge on any atom is 0.408 e. The zero-order valence-electron chi connectivity index (χ0n) is 10.9. The maximum absolute atomic E-state index is 11.7. The highest BCUT2D eigenvalue weighted by molar-refractivity contribution is 5.69. The molecule has 0 aromatic heterocycles. The van der Waals surface area contributed by atoms with Crippen molar-refractivity contribution in [3.8, 4) is 0 Å². The summed E-state index contributed by atoms with van der Waals surface area (Å²) < 4.78 is 5.20. The summed E-state index contributed by atoms with van der Waals surface area (Å²) in [6.45, 7) is 5.43. The van der Waals surface area contributed by atoms with Gasteiger partial charge in [0.05, 0.1) is 12.1 Å². The number of carbonyl (C=O) groups is 1. The molecule has 0 heterocycles. The molecule has 0 aliphatic heterocycles. The van der Waals surface area contributed by atoms with Crippen molar-refractivity contribution in [3.05, 3.63) is 35.4 Å². The summed E-state index contributed by atoms with van der Waals surface area (Å²) >= 11 is 0. The predicted octanol–water partition coefficient (Wildman–Crippen LogP) is 2.17. The van der Waals surface area contributed by atoms with E-state index in [2.05, 4.69) is 5.32 Å². The first-order valence-corrected chi connectivity index (χ1v) is 6.12. The highest BCUT2D eigenvalue weighted by Crippen LogP contribution is 2.31. The largest absolute Gasteiger partial charge is 0.444 e. The Hall–Kier alpha value is -1.55. The Labute approximate surface area is 107 Å². The fourth-order valence-corrected chi connectivity index (χ4v) is 2.18. The van der Waals surface area contributed by atoms with Crippen LogP contribution in [-0.2, 0) is 11.2 Å². The van der Waals surface area contributed by atoms with E-state index in [0.717, 1.165) is 11.1 Å². The molecule has 0 fully saturated rings. The van der Waals surface area contributed by atoms with Crippen molar-refractivity contribution < 1.29 is 14.6 Å². The number of benzene rings is 1. The van der Waals surface area contributed by atoms with E-state index in [9.17, 15) is 9.90 Å². The van der Waals surface area contributed by atoms with Gasteiger partial charge in [-0.05, 0) is 31.9 Å². The number of aliphatic hydroxyl groups excluding tert-OH is 1. The van der Waals surface area contributed by atoms with Crippen molar-refractivity contribution in [1.29, 1.82) is 0 Å². The second kappa shape index (κ2) is 4.61. The summed E-state index contributed by atoms with van der Waals surface area (Å²) in [7, 11) is 0. The van der Waals surface area contributed by atoms with E-state index in [-0.39, 0.29) is 6.04 Å². The highest BCUT2D eigenvalue weighted by atomic mass is 16.6. The van der Waals surface area contributed by atoms with Crippen molar-refractivity contribution in [2.45, 2.75) is 44.9 Å². The minimum Gasteiger partial charge on any atom is -0.444 e. The molecule has 4 heteroatoms. The van der Waals surface area contributed by atoms with Crippen molar-refractivity contribution in [3.63, 3.8) is 0 Å². The van der Waals surface area contributed by atoms with Gasteiger partial charge in [0.1, 0.15) is 5.60 Å². The number of hydrogen-bond donors (Lipinski definition) is 2. The van der Waals surface area contributed by atoms with Gasteiger partial charge in [0.15, 0.2) is 0 Å². The van der Waals surface area contributed by atoms with E-state index in [4.69, 9.17) is 4.74 Å². The van der Waals surface area contributed by atoms with E-state index in [1.54, 1.807) is 0 Å². The van der Waals surface area contributed by atoms with Crippen molar-refractivity contribution in [2.75, 3.05) is 0 Å². The molecule has 1 aliphatic carbocycles. The lowest BCUT2D eigenvalue weighted by Crippen LogP contribution is -2.38. The van der Waals surface area contributed by atoms with Gasteiger partial charge in [-0.1, -0.05) is 24.3 Å². The van der Waals surface area contributed by atoms with Gasteiger partial charge in [0, 0.05) is 6.42 Å². The summed E-state index contributed by atoms with van der Waals surface area (Å²) in [5, 5.41) is 12.7. The number of amides is 1. The summed E-state index contributed by atoms with van der Waals surface area (Å²) in [6, 6.07) is 7.35. The maximum atomic E-state index is 11.7. The molecule has 1 aromatic carbocycles. The van der Waals surface area contributed by atoms with E-state index in [0.29, 0.717) is 6.42 Å². The number of fused-ring (bicyclic) bond motifs is 1. The van der Waals surface area contributed by atoms with Crippen LogP contribution in [0, 0.1) is 0 Å². The van der Waals surface area contributed by atoms with Gasteiger partial charge in [-0.15, -0.1) is 0 Å². The average Bonchev–Trinajstić information content (AvgIpc) is 2.53. The molecule has 1 amide bonds. The number of ether oxygens (including phenoxy) is 1. The molecule has 98 valence electrons.